The Kier molecular flexibility index (Phi) is 4.01. The quantitative estimate of drug-likeness (QED) is 0.806. The maximum Gasteiger partial charge on any atom is 0.225 e. The fourth-order valence-corrected chi connectivity index (χ4v) is 5.79. The van der Waals surface area contributed by atoms with E-state index in [1.807, 2.05) is 11.9 Å². The van der Waals surface area contributed by atoms with E-state index in [0.717, 1.165) is 32.1 Å². The van der Waals surface area contributed by atoms with Gasteiger partial charge in [-0.15, -0.1) is 0 Å². The van der Waals surface area contributed by atoms with Gasteiger partial charge in [0.1, 0.15) is 0 Å². The third-order valence-corrected chi connectivity index (χ3v) is 7.76. The third-order valence-electron chi connectivity index (χ3n) is 5.41. The first-order valence-electron chi connectivity index (χ1n) is 8.63. The summed E-state index contributed by atoms with van der Waals surface area (Å²) in [5, 5.41) is -0.148. The lowest BCUT2D eigenvalue weighted by Gasteiger charge is -2.39. The lowest BCUT2D eigenvalue weighted by molar-refractivity contribution is -0.0330. The molecule has 1 spiro atoms. The van der Waals surface area contributed by atoms with Crippen molar-refractivity contribution in [2.45, 2.75) is 49.0 Å². The van der Waals surface area contributed by atoms with Gasteiger partial charge in [-0.2, -0.15) is 4.31 Å². The SMILES string of the molecule is CN(c1ncccn1)[C@@H]1CO[C@]2(CCCN(S(=O)(=O)C3CC3)C2)C1. The van der Waals surface area contributed by atoms with E-state index in [-0.39, 0.29) is 16.9 Å². The van der Waals surface area contributed by atoms with Gasteiger partial charge in [0.05, 0.1) is 23.5 Å². The molecule has 3 aliphatic rings. The highest BCUT2D eigenvalue weighted by Gasteiger charge is 2.49. The second-order valence-electron chi connectivity index (χ2n) is 7.19. The Morgan fingerprint density at radius 3 is 2.79 bits per heavy atom. The molecule has 8 heteroatoms. The summed E-state index contributed by atoms with van der Waals surface area (Å²) < 4.78 is 33.0. The summed E-state index contributed by atoms with van der Waals surface area (Å²) in [6, 6.07) is 1.97. The summed E-state index contributed by atoms with van der Waals surface area (Å²) in [7, 11) is -1.15. The van der Waals surface area contributed by atoms with E-state index in [9.17, 15) is 8.42 Å². The van der Waals surface area contributed by atoms with Crippen LogP contribution in [0.2, 0.25) is 0 Å². The molecule has 3 heterocycles. The molecular formula is C16H24N4O3S. The molecule has 1 aromatic rings. The molecule has 0 N–H and O–H groups in total. The molecule has 0 aromatic carbocycles. The Balaban J connectivity index is 1.47. The predicted molar refractivity (Wildman–Crippen MR) is 90.3 cm³/mol. The first-order valence-corrected chi connectivity index (χ1v) is 10.1. The highest BCUT2D eigenvalue weighted by atomic mass is 32.2. The molecule has 2 atom stereocenters. The van der Waals surface area contributed by atoms with Crippen LogP contribution in [0, 0.1) is 0 Å². The standard InChI is InChI=1S/C16H24N4O3S/c1-19(15-17-7-3-8-18-15)13-10-16(23-11-13)6-2-9-20(12-16)24(21,22)14-4-5-14/h3,7-8,13-14H,2,4-6,9-12H2,1H3/t13-,16+/m0/s1. The van der Waals surface area contributed by atoms with Crippen molar-refractivity contribution in [2.24, 2.45) is 0 Å². The Morgan fingerprint density at radius 2 is 2.08 bits per heavy atom. The van der Waals surface area contributed by atoms with Crippen LogP contribution in [-0.4, -0.2) is 66.3 Å². The molecule has 0 unspecified atom stereocenters. The highest BCUT2D eigenvalue weighted by Crippen LogP contribution is 2.40. The van der Waals surface area contributed by atoms with Gasteiger partial charge in [-0.25, -0.2) is 18.4 Å². The summed E-state index contributed by atoms with van der Waals surface area (Å²) in [5.41, 5.74) is -0.353. The van der Waals surface area contributed by atoms with Crippen LogP contribution in [0.3, 0.4) is 0 Å². The number of anilines is 1. The summed E-state index contributed by atoms with van der Waals surface area (Å²) in [4.78, 5) is 10.6. The van der Waals surface area contributed by atoms with Crippen LogP contribution in [0.5, 0.6) is 0 Å². The number of hydrogen-bond donors (Lipinski definition) is 0. The van der Waals surface area contributed by atoms with Crippen LogP contribution in [-0.2, 0) is 14.8 Å². The van der Waals surface area contributed by atoms with Crippen molar-refractivity contribution in [1.82, 2.24) is 14.3 Å². The third kappa shape index (κ3) is 2.91. The summed E-state index contributed by atoms with van der Waals surface area (Å²) in [5.74, 6) is 0.682. The number of rotatable bonds is 4. The van der Waals surface area contributed by atoms with E-state index < -0.39 is 10.0 Å². The van der Waals surface area contributed by atoms with Gasteiger partial charge in [-0.05, 0) is 31.7 Å². The van der Waals surface area contributed by atoms with Crippen LogP contribution in [0.15, 0.2) is 18.5 Å². The molecule has 24 heavy (non-hydrogen) atoms. The Hall–Kier alpha value is -1.25. The number of hydrogen-bond acceptors (Lipinski definition) is 6. The molecule has 3 fully saturated rings. The summed E-state index contributed by atoms with van der Waals surface area (Å²) in [6.45, 7) is 1.71. The zero-order valence-corrected chi connectivity index (χ0v) is 14.8. The van der Waals surface area contributed by atoms with Crippen molar-refractivity contribution in [3.05, 3.63) is 18.5 Å². The van der Waals surface area contributed by atoms with Gasteiger partial charge in [0.2, 0.25) is 16.0 Å². The van der Waals surface area contributed by atoms with Crippen molar-refractivity contribution in [2.75, 3.05) is 31.6 Å². The van der Waals surface area contributed by atoms with E-state index in [0.29, 0.717) is 25.6 Å². The monoisotopic (exact) mass is 352 g/mol. The molecule has 0 radical (unpaired) electrons. The van der Waals surface area contributed by atoms with Crippen molar-refractivity contribution in [3.63, 3.8) is 0 Å². The number of likely N-dealkylation sites (N-methyl/N-ethyl adjacent to an activating group) is 1. The maximum atomic E-state index is 12.6. The van der Waals surface area contributed by atoms with E-state index in [2.05, 4.69) is 9.97 Å². The van der Waals surface area contributed by atoms with Crippen LogP contribution in [0.4, 0.5) is 5.95 Å². The van der Waals surface area contributed by atoms with E-state index in [1.54, 1.807) is 22.8 Å². The molecule has 1 saturated carbocycles. The lowest BCUT2D eigenvalue weighted by Crippen LogP contribution is -2.51. The Bertz CT molecular complexity index is 695. The molecule has 0 bridgehead atoms. The molecule has 2 aliphatic heterocycles. The van der Waals surface area contributed by atoms with Crippen molar-refractivity contribution < 1.29 is 13.2 Å². The lowest BCUT2D eigenvalue weighted by atomic mass is 9.89. The number of nitrogens with zero attached hydrogens (tertiary/aromatic N) is 4. The predicted octanol–water partition coefficient (Wildman–Crippen LogP) is 1.03. The van der Waals surface area contributed by atoms with E-state index >= 15 is 0 Å². The zero-order valence-electron chi connectivity index (χ0n) is 14.0. The smallest absolute Gasteiger partial charge is 0.225 e. The van der Waals surface area contributed by atoms with Gasteiger partial charge < -0.3 is 9.64 Å². The summed E-state index contributed by atoms with van der Waals surface area (Å²) >= 11 is 0. The first-order chi connectivity index (χ1) is 11.5. The fourth-order valence-electron chi connectivity index (χ4n) is 3.84. The minimum absolute atomic E-state index is 0.148. The van der Waals surface area contributed by atoms with Gasteiger partial charge >= 0.3 is 0 Å². The average molecular weight is 352 g/mol. The van der Waals surface area contributed by atoms with Gasteiger partial charge in [0.15, 0.2) is 0 Å². The molecule has 0 amide bonds. The fraction of sp³-hybridized carbons (Fsp3) is 0.750. The van der Waals surface area contributed by atoms with Crippen LogP contribution >= 0.6 is 0 Å². The minimum atomic E-state index is -3.13. The molecular weight excluding hydrogens is 328 g/mol. The van der Waals surface area contributed by atoms with Gasteiger partial charge in [-0.3, -0.25) is 0 Å². The second kappa shape index (κ2) is 5.93. The first kappa shape index (κ1) is 16.2. The van der Waals surface area contributed by atoms with Crippen LogP contribution in [0.25, 0.3) is 0 Å². The molecule has 1 aromatic heterocycles. The molecule has 4 rings (SSSR count). The largest absolute Gasteiger partial charge is 0.371 e. The molecule has 132 valence electrons. The number of ether oxygens (including phenoxy) is 1. The van der Waals surface area contributed by atoms with Gasteiger partial charge in [0, 0.05) is 39.0 Å². The molecule has 1 aliphatic carbocycles. The Labute approximate surface area is 143 Å². The highest BCUT2D eigenvalue weighted by molar-refractivity contribution is 7.90. The number of sulfonamides is 1. The van der Waals surface area contributed by atoms with Crippen molar-refractivity contribution >= 4 is 16.0 Å². The Morgan fingerprint density at radius 1 is 1.33 bits per heavy atom. The normalized spacial score (nSPS) is 31.5. The molecule has 2 saturated heterocycles. The van der Waals surface area contributed by atoms with E-state index in [1.165, 1.54) is 0 Å². The zero-order chi connectivity index (χ0) is 16.8. The average Bonchev–Trinajstić information content (AvgIpc) is 3.39. The maximum absolute atomic E-state index is 12.6. The minimum Gasteiger partial charge on any atom is -0.371 e. The van der Waals surface area contributed by atoms with Gasteiger partial charge in [-0.1, -0.05) is 0 Å². The van der Waals surface area contributed by atoms with Crippen LogP contribution in [0.1, 0.15) is 32.1 Å². The van der Waals surface area contributed by atoms with Crippen LogP contribution < -0.4 is 4.90 Å². The summed E-state index contributed by atoms with van der Waals surface area (Å²) in [6.07, 6.45) is 7.68. The number of aromatic nitrogens is 2. The second-order valence-corrected chi connectivity index (χ2v) is 9.41. The van der Waals surface area contributed by atoms with Crippen molar-refractivity contribution in [1.29, 1.82) is 0 Å². The van der Waals surface area contributed by atoms with Crippen molar-refractivity contribution in [3.8, 4) is 0 Å². The number of piperidine rings is 1. The topological polar surface area (TPSA) is 75.6 Å². The van der Waals surface area contributed by atoms with Gasteiger partial charge in [0.25, 0.3) is 0 Å². The molecule has 7 nitrogen and oxygen atoms in total. The van der Waals surface area contributed by atoms with E-state index in [4.69, 9.17) is 4.74 Å².